The van der Waals surface area contributed by atoms with Gasteiger partial charge in [-0.15, -0.1) is 0 Å². The van der Waals surface area contributed by atoms with E-state index >= 15 is 0 Å². The van der Waals surface area contributed by atoms with Crippen LogP contribution in [-0.4, -0.2) is 122 Å². The summed E-state index contributed by atoms with van der Waals surface area (Å²) < 4.78 is 4.83. The highest BCUT2D eigenvalue weighted by atomic mass is 16.5. The lowest BCUT2D eigenvalue weighted by atomic mass is 9.76. The Morgan fingerprint density at radius 2 is 1.64 bits per heavy atom. The number of amides is 3. The van der Waals surface area contributed by atoms with E-state index < -0.39 is 41.0 Å². The molecule has 11 heteroatoms. The number of carbonyl (C=O) groups excluding carboxylic acids is 4. The number of esters is 1. The number of likely N-dealkylation sites (tertiary alicyclic amines) is 1. The van der Waals surface area contributed by atoms with Gasteiger partial charge in [0, 0.05) is 38.0 Å². The molecule has 0 bridgehead atoms. The lowest BCUT2D eigenvalue weighted by Gasteiger charge is -2.41. The first-order valence-electron chi connectivity index (χ1n) is 15.4. The molecule has 2 rings (SSSR count). The van der Waals surface area contributed by atoms with Gasteiger partial charge in [0.15, 0.2) is 0 Å². The average molecular weight is 618 g/mol. The SMILES string of the molecule is CN[C@H](C(=O)NC(C(=O)N(C)[C@H](CN(C)CC(=O)N1C[C@H](O)C[C@H]1C(=O)OC)C(C)C)C(C)(C)C)C(C)(C)c1ccccc1. The Balaban J connectivity index is 2.21. The van der Waals surface area contributed by atoms with Crippen LogP contribution in [0.4, 0.5) is 0 Å². The van der Waals surface area contributed by atoms with Crippen LogP contribution in [0.3, 0.4) is 0 Å². The molecule has 1 aromatic carbocycles. The van der Waals surface area contributed by atoms with Gasteiger partial charge in [0.25, 0.3) is 0 Å². The third-order valence-electron chi connectivity index (χ3n) is 8.78. The summed E-state index contributed by atoms with van der Waals surface area (Å²) in [6.45, 7) is 14.3. The molecule has 1 unspecified atom stereocenters. The molecular weight excluding hydrogens is 562 g/mol. The Kier molecular flexibility index (Phi) is 12.9. The van der Waals surface area contributed by atoms with Crippen molar-refractivity contribution in [1.29, 1.82) is 0 Å². The number of benzene rings is 1. The monoisotopic (exact) mass is 617 g/mol. The zero-order valence-electron chi connectivity index (χ0n) is 28.5. The summed E-state index contributed by atoms with van der Waals surface area (Å²) >= 11 is 0. The summed E-state index contributed by atoms with van der Waals surface area (Å²) in [5.41, 5.74) is -0.131. The molecule has 1 heterocycles. The Bertz CT molecular complexity index is 1140. The topological polar surface area (TPSA) is 132 Å². The fourth-order valence-electron chi connectivity index (χ4n) is 6.03. The molecule has 5 atom stereocenters. The van der Waals surface area contributed by atoms with E-state index in [0.717, 1.165) is 5.56 Å². The highest BCUT2D eigenvalue weighted by Gasteiger charge is 2.43. The van der Waals surface area contributed by atoms with Gasteiger partial charge in [0.2, 0.25) is 17.7 Å². The maximum Gasteiger partial charge on any atom is 0.328 e. The second-order valence-electron chi connectivity index (χ2n) is 14.0. The lowest BCUT2D eigenvalue weighted by molar-refractivity contribution is -0.151. The van der Waals surface area contributed by atoms with E-state index in [2.05, 4.69) is 10.6 Å². The largest absolute Gasteiger partial charge is 0.467 e. The number of likely N-dealkylation sites (N-methyl/N-ethyl adjacent to an activating group) is 3. The minimum Gasteiger partial charge on any atom is -0.467 e. The molecule has 0 spiro atoms. The summed E-state index contributed by atoms with van der Waals surface area (Å²) in [7, 11) is 6.54. The van der Waals surface area contributed by atoms with Crippen LogP contribution in [0, 0.1) is 11.3 Å². The van der Waals surface area contributed by atoms with Gasteiger partial charge in [0.1, 0.15) is 12.1 Å². The Morgan fingerprint density at radius 1 is 1.05 bits per heavy atom. The number of aliphatic hydroxyl groups excluding tert-OH is 1. The molecule has 11 nitrogen and oxygen atoms in total. The normalized spacial score (nSPS) is 19.5. The molecule has 248 valence electrons. The fourth-order valence-corrected chi connectivity index (χ4v) is 6.03. The Hall–Kier alpha value is -3.02. The number of aliphatic hydroxyl groups is 1. The molecule has 1 saturated heterocycles. The van der Waals surface area contributed by atoms with Gasteiger partial charge in [0.05, 0.1) is 25.8 Å². The number of carbonyl (C=O) groups is 4. The average Bonchev–Trinajstić information content (AvgIpc) is 3.35. The summed E-state index contributed by atoms with van der Waals surface area (Å²) in [5.74, 6) is -1.29. The third-order valence-corrected chi connectivity index (χ3v) is 8.78. The van der Waals surface area contributed by atoms with Gasteiger partial charge >= 0.3 is 5.97 Å². The van der Waals surface area contributed by atoms with Crippen molar-refractivity contribution in [2.24, 2.45) is 11.3 Å². The second-order valence-corrected chi connectivity index (χ2v) is 14.0. The minimum absolute atomic E-state index is 0.00329. The van der Waals surface area contributed by atoms with E-state index in [9.17, 15) is 24.3 Å². The highest BCUT2D eigenvalue weighted by Crippen LogP contribution is 2.29. The summed E-state index contributed by atoms with van der Waals surface area (Å²) in [4.78, 5) is 58.1. The molecular formula is C33H55N5O6. The van der Waals surface area contributed by atoms with E-state index in [1.807, 2.05) is 83.7 Å². The lowest BCUT2D eigenvalue weighted by Crippen LogP contribution is -2.62. The van der Waals surface area contributed by atoms with Crippen molar-refractivity contribution in [2.45, 2.75) is 90.6 Å². The van der Waals surface area contributed by atoms with Gasteiger partial charge in [-0.05, 0) is 31.0 Å². The van der Waals surface area contributed by atoms with Crippen LogP contribution >= 0.6 is 0 Å². The summed E-state index contributed by atoms with van der Waals surface area (Å²) in [6, 6.07) is 7.33. The molecule has 0 saturated carbocycles. The molecule has 0 aromatic heterocycles. The molecule has 0 aliphatic carbocycles. The van der Waals surface area contributed by atoms with Crippen molar-refractivity contribution in [1.82, 2.24) is 25.3 Å². The molecule has 1 fully saturated rings. The maximum absolute atomic E-state index is 14.1. The van der Waals surface area contributed by atoms with Gasteiger partial charge < -0.3 is 30.3 Å². The van der Waals surface area contributed by atoms with Crippen molar-refractivity contribution >= 4 is 23.7 Å². The van der Waals surface area contributed by atoms with E-state index in [1.165, 1.54) is 12.0 Å². The highest BCUT2D eigenvalue weighted by molar-refractivity contribution is 5.91. The second kappa shape index (κ2) is 15.3. The van der Waals surface area contributed by atoms with Crippen LogP contribution in [0.5, 0.6) is 0 Å². The molecule has 44 heavy (non-hydrogen) atoms. The Morgan fingerprint density at radius 3 is 2.14 bits per heavy atom. The van der Waals surface area contributed by atoms with Crippen molar-refractivity contribution in [3.8, 4) is 0 Å². The maximum atomic E-state index is 14.1. The van der Waals surface area contributed by atoms with Gasteiger partial charge in [-0.25, -0.2) is 4.79 Å². The van der Waals surface area contributed by atoms with Crippen molar-refractivity contribution in [3.05, 3.63) is 35.9 Å². The number of ether oxygens (including phenoxy) is 1. The number of nitrogens with one attached hydrogen (secondary N) is 2. The number of hydrogen-bond acceptors (Lipinski definition) is 8. The van der Waals surface area contributed by atoms with Gasteiger partial charge in [-0.3, -0.25) is 19.3 Å². The molecule has 3 amide bonds. The minimum atomic E-state index is -0.814. The first-order valence-corrected chi connectivity index (χ1v) is 15.4. The first-order chi connectivity index (χ1) is 20.4. The third kappa shape index (κ3) is 9.01. The molecule has 0 radical (unpaired) electrons. The predicted molar refractivity (Wildman–Crippen MR) is 171 cm³/mol. The zero-order valence-corrected chi connectivity index (χ0v) is 28.5. The molecule has 3 N–H and O–H groups in total. The van der Waals surface area contributed by atoms with Crippen LogP contribution in [0.15, 0.2) is 30.3 Å². The van der Waals surface area contributed by atoms with E-state index in [4.69, 9.17) is 4.74 Å². The van der Waals surface area contributed by atoms with Crippen LogP contribution in [0.25, 0.3) is 0 Å². The molecule has 1 aliphatic rings. The van der Waals surface area contributed by atoms with Crippen LogP contribution in [0.1, 0.15) is 60.5 Å². The molecule has 1 aromatic rings. The quantitative estimate of drug-likeness (QED) is 0.285. The number of hydrogen-bond donors (Lipinski definition) is 3. The predicted octanol–water partition coefficient (Wildman–Crippen LogP) is 1.63. The summed E-state index contributed by atoms with van der Waals surface area (Å²) in [5, 5.41) is 16.3. The number of rotatable bonds is 13. The van der Waals surface area contributed by atoms with Gasteiger partial charge in [-0.2, -0.15) is 0 Å². The van der Waals surface area contributed by atoms with Crippen molar-refractivity contribution in [3.63, 3.8) is 0 Å². The standard InChI is InChI=1S/C33H55N5O6/c1-21(2)25(19-36(9)20-26(40)38-18-23(39)17-24(38)31(43)44-11)37(10)30(42)28(32(3,4)5)35-29(41)27(34-8)33(6,7)22-15-13-12-14-16-22/h12-16,21,23-25,27-28,34,39H,17-20H2,1-11H3,(H,35,41)/t23-,24+,25-,27-,28?/m1/s1. The zero-order chi connectivity index (χ0) is 33.6. The van der Waals surface area contributed by atoms with Crippen molar-refractivity contribution < 1.29 is 29.0 Å². The molecule has 1 aliphatic heterocycles. The Labute approximate surface area is 263 Å². The van der Waals surface area contributed by atoms with Crippen LogP contribution < -0.4 is 10.6 Å². The van der Waals surface area contributed by atoms with Gasteiger partial charge in [-0.1, -0.05) is 78.8 Å². The number of methoxy groups -OCH3 is 1. The van der Waals surface area contributed by atoms with E-state index in [0.29, 0.717) is 6.54 Å². The van der Waals surface area contributed by atoms with E-state index in [1.54, 1.807) is 26.0 Å². The smallest absolute Gasteiger partial charge is 0.328 e. The fraction of sp³-hybridized carbons (Fsp3) is 0.697. The van der Waals surface area contributed by atoms with Crippen LogP contribution in [0.2, 0.25) is 0 Å². The van der Waals surface area contributed by atoms with Crippen LogP contribution in [-0.2, 0) is 29.3 Å². The van der Waals surface area contributed by atoms with Crippen molar-refractivity contribution in [2.75, 3.05) is 47.9 Å². The van der Waals surface area contributed by atoms with E-state index in [-0.39, 0.29) is 49.2 Å². The summed E-state index contributed by atoms with van der Waals surface area (Å²) in [6.07, 6.45) is -0.643. The number of β-amino-alcohol motifs (C(OH)–C–C–N with tert-alkyl or cyclic N) is 1. The first kappa shape index (κ1) is 37.2. The number of nitrogens with zero attached hydrogens (tertiary/aromatic N) is 3.